The molecule has 3 heteroatoms. The van der Waals surface area contributed by atoms with Crippen molar-refractivity contribution in [3.63, 3.8) is 0 Å². The first-order valence-corrected chi connectivity index (χ1v) is 5.72. The van der Waals surface area contributed by atoms with Crippen molar-refractivity contribution >= 4 is 11.0 Å². The molecule has 1 aromatic heterocycles. The lowest BCUT2D eigenvalue weighted by atomic mass is 9.97. The first-order valence-electron chi connectivity index (χ1n) is 5.72. The van der Waals surface area contributed by atoms with Gasteiger partial charge in [0.15, 0.2) is 0 Å². The van der Waals surface area contributed by atoms with Gasteiger partial charge in [0.2, 0.25) is 0 Å². The molecular formula is C14H16O3. The lowest BCUT2D eigenvalue weighted by molar-refractivity contribution is 0.467. The van der Waals surface area contributed by atoms with Crippen LogP contribution in [0.15, 0.2) is 15.3 Å². The van der Waals surface area contributed by atoms with E-state index in [9.17, 15) is 9.90 Å². The highest BCUT2D eigenvalue weighted by molar-refractivity contribution is 5.88. The molecule has 90 valence electrons. The highest BCUT2D eigenvalue weighted by Crippen LogP contribution is 2.32. The van der Waals surface area contributed by atoms with E-state index in [0.717, 1.165) is 22.9 Å². The summed E-state index contributed by atoms with van der Waals surface area (Å²) >= 11 is 0. The number of rotatable bonds is 1. The molecule has 0 amide bonds. The zero-order valence-electron chi connectivity index (χ0n) is 10.5. The van der Waals surface area contributed by atoms with E-state index < -0.39 is 0 Å². The van der Waals surface area contributed by atoms with Crippen LogP contribution < -0.4 is 5.63 Å². The topological polar surface area (TPSA) is 50.4 Å². The number of aromatic hydroxyl groups is 1. The lowest BCUT2D eigenvalue weighted by Crippen LogP contribution is -2.07. The average Bonchev–Trinajstić information content (AvgIpc) is 2.31. The Kier molecular flexibility index (Phi) is 2.69. The van der Waals surface area contributed by atoms with Crippen LogP contribution in [0.4, 0.5) is 0 Å². The highest BCUT2D eigenvalue weighted by Gasteiger charge is 2.15. The number of hydrogen-bond acceptors (Lipinski definition) is 3. The maximum atomic E-state index is 11.7. The summed E-state index contributed by atoms with van der Waals surface area (Å²) in [7, 11) is 0. The van der Waals surface area contributed by atoms with Crippen LogP contribution in [-0.4, -0.2) is 5.11 Å². The minimum Gasteiger partial charge on any atom is -0.508 e. The molecular weight excluding hydrogens is 216 g/mol. The smallest absolute Gasteiger partial charge is 0.339 e. The summed E-state index contributed by atoms with van der Waals surface area (Å²) in [5, 5.41) is 10.8. The molecule has 0 saturated carbocycles. The molecule has 1 aromatic carbocycles. The normalized spacial score (nSPS) is 11.1. The van der Waals surface area contributed by atoms with Gasteiger partial charge < -0.3 is 9.52 Å². The molecule has 0 aliphatic carbocycles. The van der Waals surface area contributed by atoms with Crippen molar-refractivity contribution in [2.75, 3.05) is 0 Å². The van der Waals surface area contributed by atoms with Crippen LogP contribution >= 0.6 is 0 Å². The predicted molar refractivity (Wildman–Crippen MR) is 67.7 cm³/mol. The lowest BCUT2D eigenvalue weighted by Gasteiger charge is -2.12. The molecule has 0 atom stereocenters. The molecule has 0 fully saturated rings. The van der Waals surface area contributed by atoms with E-state index in [1.54, 1.807) is 19.9 Å². The van der Waals surface area contributed by atoms with Gasteiger partial charge in [-0.05, 0) is 44.4 Å². The van der Waals surface area contributed by atoms with Gasteiger partial charge in [-0.1, -0.05) is 6.92 Å². The molecule has 0 radical (unpaired) electrons. The van der Waals surface area contributed by atoms with Crippen LogP contribution in [0.5, 0.6) is 5.75 Å². The summed E-state index contributed by atoms with van der Waals surface area (Å²) in [5.74, 6) is 0.181. The maximum absolute atomic E-state index is 11.7. The average molecular weight is 232 g/mol. The van der Waals surface area contributed by atoms with Crippen LogP contribution in [-0.2, 0) is 6.42 Å². The van der Waals surface area contributed by atoms with Gasteiger partial charge in [-0.15, -0.1) is 0 Å². The fourth-order valence-corrected chi connectivity index (χ4v) is 2.12. The van der Waals surface area contributed by atoms with Gasteiger partial charge in [-0.25, -0.2) is 4.79 Å². The molecule has 17 heavy (non-hydrogen) atoms. The third kappa shape index (κ3) is 1.62. The summed E-state index contributed by atoms with van der Waals surface area (Å²) < 4.78 is 5.31. The number of phenols is 1. The van der Waals surface area contributed by atoms with E-state index in [4.69, 9.17) is 4.42 Å². The van der Waals surface area contributed by atoms with Crippen molar-refractivity contribution in [3.05, 3.63) is 38.7 Å². The number of phenolic OH excluding ortho intramolecular Hbond substituents is 1. The quantitative estimate of drug-likeness (QED) is 0.769. The number of fused-ring (bicyclic) bond motifs is 1. The Balaban J connectivity index is 3.09. The molecule has 0 aliphatic rings. The monoisotopic (exact) mass is 232 g/mol. The summed E-state index contributed by atoms with van der Waals surface area (Å²) in [6.07, 6.45) is 0.790. The number of aryl methyl sites for hydroxylation is 3. The highest BCUT2D eigenvalue weighted by atomic mass is 16.4. The van der Waals surface area contributed by atoms with Gasteiger partial charge in [0.05, 0.1) is 0 Å². The van der Waals surface area contributed by atoms with E-state index in [-0.39, 0.29) is 11.4 Å². The van der Waals surface area contributed by atoms with Crippen molar-refractivity contribution in [3.8, 4) is 5.75 Å². The number of benzene rings is 1. The van der Waals surface area contributed by atoms with E-state index in [1.165, 1.54) is 0 Å². The minimum atomic E-state index is -0.328. The van der Waals surface area contributed by atoms with Crippen LogP contribution in [0.25, 0.3) is 11.0 Å². The summed E-state index contributed by atoms with van der Waals surface area (Å²) in [5.41, 5.74) is 3.39. The Labute approximate surface area is 99.7 Å². The SMILES string of the molecule is CCc1cc(O)c(C)c2oc(=O)c(C)c(C)c12. The van der Waals surface area contributed by atoms with Gasteiger partial charge in [0, 0.05) is 16.5 Å². The number of hydrogen-bond donors (Lipinski definition) is 1. The van der Waals surface area contributed by atoms with Gasteiger partial charge in [-0.3, -0.25) is 0 Å². The summed E-state index contributed by atoms with van der Waals surface area (Å²) in [6, 6.07) is 1.75. The predicted octanol–water partition coefficient (Wildman–Crippen LogP) is 2.99. The third-order valence-corrected chi connectivity index (χ3v) is 3.40. The van der Waals surface area contributed by atoms with Crippen LogP contribution in [0, 0.1) is 20.8 Å². The molecule has 0 unspecified atom stereocenters. The second-order valence-corrected chi connectivity index (χ2v) is 4.38. The molecule has 2 aromatic rings. The summed E-state index contributed by atoms with van der Waals surface area (Å²) in [4.78, 5) is 11.7. The standard InChI is InChI=1S/C14H16O3/c1-5-10-6-11(15)9(4)13-12(10)7(2)8(3)14(16)17-13/h6,15H,5H2,1-4H3. The Morgan fingerprint density at radius 1 is 1.18 bits per heavy atom. The van der Waals surface area contributed by atoms with Crippen LogP contribution in [0.2, 0.25) is 0 Å². The molecule has 0 saturated heterocycles. The Morgan fingerprint density at radius 2 is 1.82 bits per heavy atom. The van der Waals surface area contributed by atoms with Crippen molar-refractivity contribution in [2.45, 2.75) is 34.1 Å². The van der Waals surface area contributed by atoms with E-state index in [1.807, 2.05) is 13.8 Å². The van der Waals surface area contributed by atoms with Crippen molar-refractivity contribution < 1.29 is 9.52 Å². The van der Waals surface area contributed by atoms with Crippen molar-refractivity contribution in [2.24, 2.45) is 0 Å². The minimum absolute atomic E-state index is 0.181. The zero-order valence-corrected chi connectivity index (χ0v) is 10.5. The second-order valence-electron chi connectivity index (χ2n) is 4.38. The van der Waals surface area contributed by atoms with Gasteiger partial charge in [0.1, 0.15) is 11.3 Å². The van der Waals surface area contributed by atoms with Crippen LogP contribution in [0.3, 0.4) is 0 Å². The van der Waals surface area contributed by atoms with E-state index in [2.05, 4.69) is 0 Å². The Hall–Kier alpha value is -1.77. The molecule has 1 N–H and O–H groups in total. The largest absolute Gasteiger partial charge is 0.508 e. The second kappa shape index (κ2) is 3.91. The van der Waals surface area contributed by atoms with Gasteiger partial charge in [0.25, 0.3) is 0 Å². The Bertz CT molecular complexity index is 651. The van der Waals surface area contributed by atoms with E-state index in [0.29, 0.717) is 16.7 Å². The van der Waals surface area contributed by atoms with Crippen molar-refractivity contribution in [1.82, 2.24) is 0 Å². The molecule has 3 nitrogen and oxygen atoms in total. The molecule has 2 rings (SSSR count). The molecule has 1 heterocycles. The fourth-order valence-electron chi connectivity index (χ4n) is 2.12. The molecule has 0 bridgehead atoms. The maximum Gasteiger partial charge on any atom is 0.339 e. The fraction of sp³-hybridized carbons (Fsp3) is 0.357. The summed E-state index contributed by atoms with van der Waals surface area (Å²) in [6.45, 7) is 7.46. The molecule has 0 aliphatic heterocycles. The van der Waals surface area contributed by atoms with E-state index >= 15 is 0 Å². The van der Waals surface area contributed by atoms with Gasteiger partial charge in [-0.2, -0.15) is 0 Å². The van der Waals surface area contributed by atoms with Gasteiger partial charge >= 0.3 is 5.63 Å². The zero-order chi connectivity index (χ0) is 12.7. The first-order chi connectivity index (χ1) is 7.97. The molecule has 0 spiro atoms. The van der Waals surface area contributed by atoms with Crippen molar-refractivity contribution in [1.29, 1.82) is 0 Å². The first kappa shape index (κ1) is 11.7. The van der Waals surface area contributed by atoms with Crippen LogP contribution in [0.1, 0.15) is 29.2 Å². The Morgan fingerprint density at radius 3 is 2.41 bits per heavy atom. The third-order valence-electron chi connectivity index (χ3n) is 3.40.